The van der Waals surface area contributed by atoms with Crippen LogP contribution in [0.5, 0.6) is 0 Å². The summed E-state index contributed by atoms with van der Waals surface area (Å²) in [6.45, 7) is 4.30. The molecule has 0 N–H and O–H groups in total. The third-order valence-corrected chi connectivity index (χ3v) is 5.08. The summed E-state index contributed by atoms with van der Waals surface area (Å²) in [4.78, 5) is 30.7. The average molecular weight is 399 g/mol. The maximum Gasteiger partial charge on any atom is 0.311 e. The molecular weight excluding hydrogens is 380 g/mol. The van der Waals surface area contributed by atoms with Gasteiger partial charge in [0.25, 0.3) is 0 Å². The maximum atomic E-state index is 12.5. The standard InChI is InChI=1S/C21H19ClN2O4/c1-3-27-21(26)14-9-19(25)24(11-14)17-8-13(5-4-12(17)2)20-23-16-10-15(22)6-7-18(16)28-20/h4-8,10,14H,3,9,11H2,1-2H3/t14-/m1/s1. The molecule has 2 heterocycles. The van der Waals surface area contributed by atoms with Gasteiger partial charge in [-0.25, -0.2) is 4.98 Å². The first-order valence-corrected chi connectivity index (χ1v) is 9.48. The third kappa shape index (κ3) is 3.36. The van der Waals surface area contributed by atoms with Crippen LogP contribution in [0.2, 0.25) is 5.02 Å². The monoisotopic (exact) mass is 398 g/mol. The van der Waals surface area contributed by atoms with Crippen molar-refractivity contribution >= 4 is 40.3 Å². The normalized spacial score (nSPS) is 16.8. The number of aryl methyl sites for hydroxylation is 1. The Morgan fingerprint density at radius 3 is 2.93 bits per heavy atom. The highest BCUT2D eigenvalue weighted by atomic mass is 35.5. The van der Waals surface area contributed by atoms with Gasteiger partial charge < -0.3 is 14.1 Å². The Labute approximate surface area is 167 Å². The first-order chi connectivity index (χ1) is 13.5. The molecule has 28 heavy (non-hydrogen) atoms. The summed E-state index contributed by atoms with van der Waals surface area (Å²) < 4.78 is 10.9. The zero-order valence-electron chi connectivity index (χ0n) is 15.6. The van der Waals surface area contributed by atoms with E-state index in [2.05, 4.69) is 4.98 Å². The van der Waals surface area contributed by atoms with Crippen LogP contribution in [0.4, 0.5) is 5.69 Å². The second kappa shape index (κ2) is 7.28. The zero-order chi connectivity index (χ0) is 19.8. The maximum absolute atomic E-state index is 12.5. The van der Waals surface area contributed by atoms with Gasteiger partial charge in [0.05, 0.1) is 12.5 Å². The lowest BCUT2D eigenvalue weighted by Crippen LogP contribution is -2.27. The van der Waals surface area contributed by atoms with Gasteiger partial charge in [-0.3, -0.25) is 9.59 Å². The number of fused-ring (bicyclic) bond motifs is 1. The average Bonchev–Trinajstić information content (AvgIpc) is 3.25. The molecule has 1 saturated heterocycles. The molecule has 0 spiro atoms. The zero-order valence-corrected chi connectivity index (χ0v) is 16.3. The molecule has 4 rings (SSSR count). The van der Waals surface area contributed by atoms with Gasteiger partial charge in [0, 0.05) is 29.2 Å². The Bertz CT molecular complexity index is 1080. The first-order valence-electron chi connectivity index (χ1n) is 9.10. The number of anilines is 1. The molecule has 0 saturated carbocycles. The number of hydrogen-bond donors (Lipinski definition) is 0. The quantitative estimate of drug-likeness (QED) is 0.610. The molecule has 0 unspecified atom stereocenters. The summed E-state index contributed by atoms with van der Waals surface area (Å²) in [5.41, 5.74) is 3.74. The summed E-state index contributed by atoms with van der Waals surface area (Å²) in [6, 6.07) is 10.9. The summed E-state index contributed by atoms with van der Waals surface area (Å²) >= 11 is 6.02. The fourth-order valence-electron chi connectivity index (χ4n) is 3.42. The van der Waals surface area contributed by atoms with E-state index in [9.17, 15) is 9.59 Å². The molecule has 6 nitrogen and oxygen atoms in total. The lowest BCUT2D eigenvalue weighted by atomic mass is 10.1. The van der Waals surface area contributed by atoms with Crippen molar-refractivity contribution in [2.45, 2.75) is 20.3 Å². The number of ether oxygens (including phenoxy) is 1. The Kier molecular flexibility index (Phi) is 4.81. The fourth-order valence-corrected chi connectivity index (χ4v) is 3.58. The third-order valence-electron chi connectivity index (χ3n) is 4.84. The van der Waals surface area contributed by atoms with E-state index in [0.717, 1.165) is 16.8 Å². The van der Waals surface area contributed by atoms with Gasteiger partial charge in [-0.15, -0.1) is 0 Å². The molecule has 3 aromatic rings. The molecule has 0 radical (unpaired) electrons. The molecule has 0 bridgehead atoms. The van der Waals surface area contributed by atoms with Crippen LogP contribution < -0.4 is 4.90 Å². The van der Waals surface area contributed by atoms with Crippen molar-refractivity contribution in [2.24, 2.45) is 5.92 Å². The minimum absolute atomic E-state index is 0.0948. The van der Waals surface area contributed by atoms with Crippen molar-refractivity contribution in [1.29, 1.82) is 0 Å². The fraction of sp³-hybridized carbons (Fsp3) is 0.286. The summed E-state index contributed by atoms with van der Waals surface area (Å²) in [5, 5.41) is 0.588. The SMILES string of the molecule is CCOC(=O)[C@@H]1CC(=O)N(c2cc(-c3nc4cc(Cl)ccc4o3)ccc2C)C1. The number of rotatable bonds is 4. The predicted molar refractivity (Wildman–Crippen MR) is 106 cm³/mol. The second-order valence-electron chi connectivity index (χ2n) is 6.79. The molecule has 0 aliphatic carbocycles. The first kappa shape index (κ1) is 18.5. The molecule has 144 valence electrons. The summed E-state index contributed by atoms with van der Waals surface area (Å²) in [5.74, 6) is -0.417. The summed E-state index contributed by atoms with van der Waals surface area (Å²) in [6.07, 6.45) is 0.157. The van der Waals surface area contributed by atoms with Crippen LogP contribution >= 0.6 is 11.6 Å². The van der Waals surface area contributed by atoms with Crippen LogP contribution in [0.1, 0.15) is 18.9 Å². The van der Waals surface area contributed by atoms with Crippen molar-refractivity contribution in [3.63, 3.8) is 0 Å². The highest BCUT2D eigenvalue weighted by Gasteiger charge is 2.36. The van der Waals surface area contributed by atoms with Crippen molar-refractivity contribution in [3.8, 4) is 11.5 Å². The van der Waals surface area contributed by atoms with Crippen LogP contribution in [0.25, 0.3) is 22.6 Å². The van der Waals surface area contributed by atoms with Gasteiger partial charge in [0.1, 0.15) is 5.52 Å². The molecular formula is C21H19ClN2O4. The van der Waals surface area contributed by atoms with E-state index in [-0.39, 0.29) is 18.3 Å². The van der Waals surface area contributed by atoms with E-state index in [1.54, 1.807) is 30.0 Å². The van der Waals surface area contributed by atoms with Crippen LogP contribution in [0, 0.1) is 12.8 Å². The second-order valence-corrected chi connectivity index (χ2v) is 7.23. The number of oxazole rings is 1. The topological polar surface area (TPSA) is 72.6 Å². The molecule has 7 heteroatoms. The Morgan fingerprint density at radius 2 is 2.14 bits per heavy atom. The van der Waals surface area contributed by atoms with E-state index in [4.69, 9.17) is 20.8 Å². The van der Waals surface area contributed by atoms with Crippen LogP contribution in [-0.2, 0) is 14.3 Å². The van der Waals surface area contributed by atoms with Crippen LogP contribution in [0.3, 0.4) is 0 Å². The minimum Gasteiger partial charge on any atom is -0.466 e. The van der Waals surface area contributed by atoms with Crippen molar-refractivity contribution in [3.05, 3.63) is 47.0 Å². The van der Waals surface area contributed by atoms with Crippen LogP contribution in [0.15, 0.2) is 40.8 Å². The largest absolute Gasteiger partial charge is 0.466 e. The molecule has 1 aliphatic heterocycles. The number of benzene rings is 2. The number of carbonyl (C=O) groups is 2. The predicted octanol–water partition coefficient (Wildman–Crippen LogP) is 4.37. The van der Waals surface area contributed by atoms with Gasteiger partial charge in [-0.1, -0.05) is 17.7 Å². The molecule has 1 aliphatic rings. The van der Waals surface area contributed by atoms with E-state index >= 15 is 0 Å². The van der Waals surface area contributed by atoms with Gasteiger partial charge in [-0.05, 0) is 49.7 Å². The van der Waals surface area contributed by atoms with E-state index in [0.29, 0.717) is 35.2 Å². The lowest BCUT2D eigenvalue weighted by Gasteiger charge is -2.19. The number of nitrogens with zero attached hydrogens (tertiary/aromatic N) is 2. The Hall–Kier alpha value is -2.86. The highest BCUT2D eigenvalue weighted by molar-refractivity contribution is 6.31. The summed E-state index contributed by atoms with van der Waals surface area (Å²) in [7, 11) is 0. The van der Waals surface area contributed by atoms with Crippen molar-refractivity contribution in [1.82, 2.24) is 4.98 Å². The number of hydrogen-bond acceptors (Lipinski definition) is 5. The van der Waals surface area contributed by atoms with E-state index < -0.39 is 5.92 Å². The van der Waals surface area contributed by atoms with Gasteiger partial charge in [0.15, 0.2) is 5.58 Å². The number of aromatic nitrogens is 1. The number of halogens is 1. The minimum atomic E-state index is -0.443. The van der Waals surface area contributed by atoms with E-state index in [1.807, 2.05) is 25.1 Å². The van der Waals surface area contributed by atoms with Crippen molar-refractivity contribution in [2.75, 3.05) is 18.1 Å². The molecule has 2 aromatic carbocycles. The Morgan fingerprint density at radius 1 is 1.32 bits per heavy atom. The molecule has 1 atom stereocenters. The Balaban J connectivity index is 1.67. The van der Waals surface area contributed by atoms with Gasteiger partial charge in [-0.2, -0.15) is 0 Å². The van der Waals surface area contributed by atoms with Gasteiger partial charge in [0.2, 0.25) is 11.8 Å². The number of esters is 1. The van der Waals surface area contributed by atoms with Crippen molar-refractivity contribution < 1.29 is 18.7 Å². The number of carbonyl (C=O) groups excluding carboxylic acids is 2. The van der Waals surface area contributed by atoms with Gasteiger partial charge >= 0.3 is 5.97 Å². The molecule has 1 aromatic heterocycles. The number of amides is 1. The molecule has 1 fully saturated rings. The lowest BCUT2D eigenvalue weighted by molar-refractivity contribution is -0.147. The highest BCUT2D eigenvalue weighted by Crippen LogP contribution is 2.33. The molecule has 1 amide bonds. The van der Waals surface area contributed by atoms with E-state index in [1.165, 1.54) is 0 Å². The smallest absolute Gasteiger partial charge is 0.311 e. The van der Waals surface area contributed by atoms with Crippen LogP contribution in [-0.4, -0.2) is 30.0 Å².